The maximum atomic E-state index is 12.0. The Morgan fingerprint density at radius 1 is 1.18 bits per heavy atom. The third kappa shape index (κ3) is 5.05. The Labute approximate surface area is 166 Å². The number of anilines is 1. The number of halogens is 1. The monoisotopic (exact) mass is 397 g/mol. The highest BCUT2D eigenvalue weighted by Crippen LogP contribution is 2.27. The zero-order valence-corrected chi connectivity index (χ0v) is 15.6. The molecule has 1 N–H and O–H groups in total. The minimum atomic E-state index is -0.678. The van der Waals surface area contributed by atoms with Gasteiger partial charge in [0.2, 0.25) is 0 Å². The number of benzene rings is 2. The summed E-state index contributed by atoms with van der Waals surface area (Å²) in [4.78, 5) is 32.4. The van der Waals surface area contributed by atoms with Crippen molar-refractivity contribution in [3.8, 4) is 5.75 Å². The molecular formula is C20H16ClN3O4. The summed E-state index contributed by atoms with van der Waals surface area (Å²) in [7, 11) is 1.47. The van der Waals surface area contributed by atoms with Gasteiger partial charge in [-0.1, -0.05) is 23.7 Å². The first-order chi connectivity index (χ1) is 13.5. The smallest absolute Gasteiger partial charge is 0.331 e. The van der Waals surface area contributed by atoms with Crippen LogP contribution in [0, 0.1) is 0 Å². The minimum absolute atomic E-state index is 0.387. The van der Waals surface area contributed by atoms with Crippen LogP contribution in [0.15, 0.2) is 54.7 Å². The molecule has 7 nitrogen and oxygen atoms in total. The minimum Gasteiger partial charge on any atom is -0.495 e. The summed E-state index contributed by atoms with van der Waals surface area (Å²) in [6.07, 6.45) is 4.20. The summed E-state index contributed by atoms with van der Waals surface area (Å²) in [5, 5.41) is 3.02. The van der Waals surface area contributed by atoms with E-state index in [4.69, 9.17) is 21.1 Å². The lowest BCUT2D eigenvalue weighted by Gasteiger charge is -2.10. The molecule has 1 amide bonds. The van der Waals surface area contributed by atoms with Crippen molar-refractivity contribution in [3.05, 3.63) is 65.5 Å². The first-order valence-corrected chi connectivity index (χ1v) is 8.63. The number of ether oxygens (including phenoxy) is 2. The van der Waals surface area contributed by atoms with Gasteiger partial charge in [-0.15, -0.1) is 0 Å². The summed E-state index contributed by atoms with van der Waals surface area (Å²) in [6.45, 7) is -0.456. The van der Waals surface area contributed by atoms with Gasteiger partial charge in [0, 0.05) is 11.1 Å². The SMILES string of the molecule is COc1ccc(Cl)cc1NC(=O)COC(=O)/C=C/c1cnc2ccccc2n1. The fourth-order valence-electron chi connectivity index (χ4n) is 2.35. The number of hydrogen-bond acceptors (Lipinski definition) is 6. The molecule has 28 heavy (non-hydrogen) atoms. The lowest BCUT2D eigenvalue weighted by molar-refractivity contribution is -0.142. The van der Waals surface area contributed by atoms with Crippen molar-refractivity contribution in [1.29, 1.82) is 0 Å². The lowest BCUT2D eigenvalue weighted by Crippen LogP contribution is -2.20. The quantitative estimate of drug-likeness (QED) is 0.505. The molecule has 1 aromatic heterocycles. The zero-order valence-electron chi connectivity index (χ0n) is 14.9. The van der Waals surface area contributed by atoms with Crippen molar-refractivity contribution in [2.75, 3.05) is 19.0 Å². The molecule has 142 valence electrons. The number of aromatic nitrogens is 2. The number of esters is 1. The maximum absolute atomic E-state index is 12.0. The van der Waals surface area contributed by atoms with Crippen LogP contribution < -0.4 is 10.1 Å². The number of para-hydroxylation sites is 2. The van der Waals surface area contributed by atoms with E-state index in [9.17, 15) is 9.59 Å². The highest BCUT2D eigenvalue weighted by Gasteiger charge is 2.10. The molecule has 0 fully saturated rings. The van der Waals surface area contributed by atoms with E-state index in [0.29, 0.717) is 27.7 Å². The highest BCUT2D eigenvalue weighted by atomic mass is 35.5. The van der Waals surface area contributed by atoms with Gasteiger partial charge in [-0.05, 0) is 36.4 Å². The predicted octanol–water partition coefficient (Wildman–Crippen LogP) is 3.49. The van der Waals surface area contributed by atoms with Crippen molar-refractivity contribution < 1.29 is 19.1 Å². The number of nitrogens with zero attached hydrogens (tertiary/aromatic N) is 2. The number of hydrogen-bond donors (Lipinski definition) is 1. The van der Waals surface area contributed by atoms with Gasteiger partial charge in [-0.25, -0.2) is 9.78 Å². The number of carbonyl (C=O) groups excluding carboxylic acids is 2. The van der Waals surface area contributed by atoms with Crippen LogP contribution in [-0.4, -0.2) is 35.6 Å². The number of carbonyl (C=O) groups is 2. The third-order valence-electron chi connectivity index (χ3n) is 3.64. The zero-order chi connectivity index (χ0) is 19.9. The Kier molecular flexibility index (Phi) is 6.18. The van der Waals surface area contributed by atoms with Crippen LogP contribution in [0.5, 0.6) is 5.75 Å². The molecule has 1 heterocycles. The molecule has 8 heteroatoms. The molecule has 0 aliphatic heterocycles. The van der Waals surface area contributed by atoms with Crippen LogP contribution in [0.3, 0.4) is 0 Å². The molecule has 0 aliphatic carbocycles. The fourth-order valence-corrected chi connectivity index (χ4v) is 2.53. The van der Waals surface area contributed by atoms with Gasteiger partial charge < -0.3 is 14.8 Å². The van der Waals surface area contributed by atoms with E-state index in [1.54, 1.807) is 24.4 Å². The van der Waals surface area contributed by atoms with Crippen LogP contribution in [0.2, 0.25) is 5.02 Å². The molecule has 2 aromatic carbocycles. The molecule has 0 saturated heterocycles. The number of amides is 1. The Morgan fingerprint density at radius 3 is 2.75 bits per heavy atom. The molecule has 0 radical (unpaired) electrons. The Hall–Kier alpha value is -3.45. The van der Waals surface area contributed by atoms with E-state index in [0.717, 1.165) is 5.52 Å². The van der Waals surface area contributed by atoms with Gasteiger partial charge in [-0.3, -0.25) is 9.78 Å². The van der Waals surface area contributed by atoms with Crippen LogP contribution in [0.1, 0.15) is 5.69 Å². The summed E-state index contributed by atoms with van der Waals surface area (Å²) in [6, 6.07) is 12.2. The van der Waals surface area contributed by atoms with Gasteiger partial charge in [0.15, 0.2) is 6.61 Å². The van der Waals surface area contributed by atoms with Gasteiger partial charge in [0.25, 0.3) is 5.91 Å². The van der Waals surface area contributed by atoms with Crippen LogP contribution in [0.25, 0.3) is 17.1 Å². The summed E-state index contributed by atoms with van der Waals surface area (Å²) in [5.41, 5.74) is 2.37. The van der Waals surface area contributed by atoms with Gasteiger partial charge in [0.05, 0.1) is 35.7 Å². The Balaban J connectivity index is 1.55. The number of methoxy groups -OCH3 is 1. The van der Waals surface area contributed by atoms with Crippen molar-refractivity contribution in [2.45, 2.75) is 0 Å². The van der Waals surface area contributed by atoms with Crippen LogP contribution in [0.4, 0.5) is 5.69 Å². The number of nitrogens with one attached hydrogen (secondary N) is 1. The van der Waals surface area contributed by atoms with E-state index in [-0.39, 0.29) is 0 Å². The van der Waals surface area contributed by atoms with Crippen molar-refractivity contribution in [2.24, 2.45) is 0 Å². The molecule has 0 unspecified atom stereocenters. The van der Waals surface area contributed by atoms with E-state index >= 15 is 0 Å². The summed E-state index contributed by atoms with van der Waals surface area (Å²) < 4.78 is 10.1. The first kappa shape index (κ1) is 19.3. The first-order valence-electron chi connectivity index (χ1n) is 8.25. The van der Waals surface area contributed by atoms with Crippen LogP contribution in [-0.2, 0) is 14.3 Å². The van der Waals surface area contributed by atoms with E-state index < -0.39 is 18.5 Å². The van der Waals surface area contributed by atoms with Gasteiger partial charge >= 0.3 is 5.97 Å². The Morgan fingerprint density at radius 2 is 1.96 bits per heavy atom. The number of fused-ring (bicyclic) bond motifs is 1. The topological polar surface area (TPSA) is 90.4 Å². The fraction of sp³-hybridized carbons (Fsp3) is 0.100. The van der Waals surface area contributed by atoms with Crippen molar-refractivity contribution in [1.82, 2.24) is 9.97 Å². The molecule has 0 aliphatic rings. The average Bonchev–Trinajstić information content (AvgIpc) is 2.70. The van der Waals surface area contributed by atoms with E-state index in [1.807, 2.05) is 24.3 Å². The third-order valence-corrected chi connectivity index (χ3v) is 3.87. The largest absolute Gasteiger partial charge is 0.495 e. The van der Waals surface area contributed by atoms with Crippen molar-refractivity contribution in [3.63, 3.8) is 0 Å². The molecule has 3 aromatic rings. The van der Waals surface area contributed by atoms with Gasteiger partial charge in [-0.2, -0.15) is 0 Å². The van der Waals surface area contributed by atoms with Gasteiger partial charge in [0.1, 0.15) is 5.75 Å². The summed E-state index contributed by atoms with van der Waals surface area (Å²) in [5.74, 6) is -0.755. The molecule has 3 rings (SSSR count). The van der Waals surface area contributed by atoms with Crippen LogP contribution >= 0.6 is 11.6 Å². The Bertz CT molecular complexity index is 1050. The van der Waals surface area contributed by atoms with E-state index in [2.05, 4.69) is 15.3 Å². The normalized spacial score (nSPS) is 10.8. The second kappa shape index (κ2) is 8.96. The predicted molar refractivity (Wildman–Crippen MR) is 106 cm³/mol. The number of rotatable bonds is 6. The molecular weight excluding hydrogens is 382 g/mol. The second-order valence-electron chi connectivity index (χ2n) is 5.62. The molecule has 0 atom stereocenters. The summed E-state index contributed by atoms with van der Waals surface area (Å²) >= 11 is 5.91. The molecule has 0 spiro atoms. The standard InChI is InChI=1S/C20H16ClN3O4/c1-27-18-8-6-13(21)10-17(18)24-19(25)12-28-20(26)9-7-14-11-22-15-4-2-3-5-16(15)23-14/h2-11H,12H2,1H3,(H,24,25)/b9-7+. The second-order valence-corrected chi connectivity index (χ2v) is 6.05. The molecule has 0 saturated carbocycles. The maximum Gasteiger partial charge on any atom is 0.331 e. The van der Waals surface area contributed by atoms with Crippen molar-refractivity contribution >= 4 is 46.3 Å². The highest BCUT2D eigenvalue weighted by molar-refractivity contribution is 6.31. The van der Waals surface area contributed by atoms with E-state index in [1.165, 1.54) is 19.3 Å². The lowest BCUT2D eigenvalue weighted by atomic mass is 10.3. The average molecular weight is 398 g/mol. The molecule has 0 bridgehead atoms.